The van der Waals surface area contributed by atoms with Crippen LogP contribution in [-0.2, 0) is 0 Å². The van der Waals surface area contributed by atoms with Crippen LogP contribution in [0.25, 0.3) is 0 Å². The normalized spacial score (nSPS) is 18.7. The summed E-state index contributed by atoms with van der Waals surface area (Å²) >= 11 is 0. The Labute approximate surface area is 192 Å². The third-order valence-electron chi connectivity index (χ3n) is 6.97. The Morgan fingerprint density at radius 2 is 1.66 bits per heavy atom. The zero-order valence-electron chi connectivity index (χ0n) is 19.5. The molecule has 32 heavy (non-hydrogen) atoms. The number of hydrogen-bond donors (Lipinski definition) is 0. The minimum Gasteiger partial charge on any atom is -0.423 e. The molecule has 3 aromatic rings. The molecular weight excluding hydrogens is 394 g/mol. The molecule has 1 aliphatic rings. The van der Waals surface area contributed by atoms with Gasteiger partial charge in [0.25, 0.3) is 0 Å². The fraction of sp³-hybridized carbons (Fsp3) is 0.345. The fourth-order valence-electron chi connectivity index (χ4n) is 5.00. The number of piperidine rings is 1. The first-order chi connectivity index (χ1) is 15.4. The van der Waals surface area contributed by atoms with Crippen molar-refractivity contribution in [2.24, 2.45) is 0 Å². The minimum atomic E-state index is -0.309. The quantitative estimate of drug-likeness (QED) is 0.259. The number of carbonyl (C=O) groups is 1. The first-order valence-corrected chi connectivity index (χ1v) is 11.7. The van der Waals surface area contributed by atoms with Crippen LogP contribution in [0.15, 0.2) is 78.9 Å². The van der Waals surface area contributed by atoms with Crippen LogP contribution in [0.3, 0.4) is 0 Å². The second-order valence-electron chi connectivity index (χ2n) is 9.65. The average molecular weight is 429 g/mol. The lowest BCUT2D eigenvalue weighted by molar-refractivity contribution is -0.920. The Morgan fingerprint density at radius 1 is 0.969 bits per heavy atom. The molecule has 3 nitrogen and oxygen atoms in total. The number of esters is 1. The molecule has 0 aliphatic carbocycles. The number of nitrogens with zero attached hydrogens (tertiary/aromatic N) is 1. The maximum Gasteiger partial charge on any atom is 0.343 e. The van der Waals surface area contributed by atoms with Crippen LogP contribution in [0.1, 0.15) is 58.6 Å². The Hall–Kier alpha value is -2.91. The molecule has 1 saturated heterocycles. The SMILES string of the molecule is Cc1ccc(OC(=O)c2ccccc2)c(C(CC2CCCC[N+]2(C)C)c2ccccc2)c1. The third kappa shape index (κ3) is 5.11. The Kier molecular flexibility index (Phi) is 6.76. The largest absolute Gasteiger partial charge is 0.423 e. The zero-order valence-corrected chi connectivity index (χ0v) is 19.5. The summed E-state index contributed by atoms with van der Waals surface area (Å²) in [7, 11) is 4.72. The molecule has 2 unspecified atom stereocenters. The Bertz CT molecular complexity index is 1040. The molecule has 1 heterocycles. The van der Waals surface area contributed by atoms with Crippen molar-refractivity contribution in [2.75, 3.05) is 20.6 Å². The molecule has 0 N–H and O–H groups in total. The predicted octanol–water partition coefficient (Wildman–Crippen LogP) is 6.37. The molecule has 0 aromatic heterocycles. The van der Waals surface area contributed by atoms with E-state index in [0.717, 1.165) is 16.5 Å². The molecule has 0 amide bonds. The molecule has 3 aromatic carbocycles. The number of ether oxygens (including phenoxy) is 1. The van der Waals surface area contributed by atoms with Gasteiger partial charge in [0.1, 0.15) is 5.75 Å². The molecule has 3 heteroatoms. The summed E-state index contributed by atoms with van der Waals surface area (Å²) < 4.78 is 7.04. The van der Waals surface area contributed by atoms with Crippen LogP contribution >= 0.6 is 0 Å². The van der Waals surface area contributed by atoms with E-state index in [-0.39, 0.29) is 11.9 Å². The second-order valence-corrected chi connectivity index (χ2v) is 9.65. The lowest BCUT2D eigenvalue weighted by Crippen LogP contribution is -2.52. The van der Waals surface area contributed by atoms with Gasteiger partial charge in [0.05, 0.1) is 32.2 Å². The van der Waals surface area contributed by atoms with Crippen molar-refractivity contribution in [2.45, 2.75) is 44.6 Å². The van der Waals surface area contributed by atoms with Gasteiger partial charge in [0.2, 0.25) is 0 Å². The van der Waals surface area contributed by atoms with Crippen molar-refractivity contribution < 1.29 is 14.0 Å². The topological polar surface area (TPSA) is 26.3 Å². The molecule has 4 rings (SSSR count). The van der Waals surface area contributed by atoms with Gasteiger partial charge in [-0.25, -0.2) is 4.79 Å². The van der Waals surface area contributed by atoms with E-state index in [1.807, 2.05) is 30.3 Å². The molecular formula is C29H34NO2+. The lowest BCUT2D eigenvalue weighted by atomic mass is 9.82. The number of carbonyl (C=O) groups excluding carboxylic acids is 1. The van der Waals surface area contributed by atoms with Gasteiger partial charge in [-0.3, -0.25) is 0 Å². The van der Waals surface area contributed by atoms with Crippen LogP contribution in [0.5, 0.6) is 5.75 Å². The van der Waals surface area contributed by atoms with Gasteiger partial charge >= 0.3 is 5.97 Å². The first-order valence-electron chi connectivity index (χ1n) is 11.7. The van der Waals surface area contributed by atoms with Gasteiger partial charge < -0.3 is 9.22 Å². The Morgan fingerprint density at radius 3 is 2.34 bits per heavy atom. The molecule has 1 aliphatic heterocycles. The van der Waals surface area contributed by atoms with Gasteiger partial charge in [-0.05, 0) is 49.9 Å². The number of likely N-dealkylation sites (tertiary alicyclic amines) is 1. The van der Waals surface area contributed by atoms with Crippen molar-refractivity contribution in [1.82, 2.24) is 0 Å². The highest BCUT2D eigenvalue weighted by Crippen LogP contribution is 2.39. The van der Waals surface area contributed by atoms with E-state index in [4.69, 9.17) is 4.74 Å². The Balaban J connectivity index is 1.72. The molecule has 0 bridgehead atoms. The van der Waals surface area contributed by atoms with Crippen molar-refractivity contribution in [3.8, 4) is 5.75 Å². The summed E-state index contributed by atoms with van der Waals surface area (Å²) in [5.41, 5.74) is 4.13. The van der Waals surface area contributed by atoms with Crippen molar-refractivity contribution >= 4 is 5.97 Å². The number of hydrogen-bond acceptors (Lipinski definition) is 2. The van der Waals surface area contributed by atoms with Crippen LogP contribution in [-0.4, -0.2) is 37.1 Å². The van der Waals surface area contributed by atoms with E-state index < -0.39 is 0 Å². The van der Waals surface area contributed by atoms with E-state index in [9.17, 15) is 4.79 Å². The van der Waals surface area contributed by atoms with Crippen LogP contribution in [0.2, 0.25) is 0 Å². The third-order valence-corrected chi connectivity index (χ3v) is 6.97. The summed E-state index contributed by atoms with van der Waals surface area (Å²) in [4.78, 5) is 12.9. The minimum absolute atomic E-state index is 0.176. The number of aryl methyl sites for hydroxylation is 1. The summed E-state index contributed by atoms with van der Waals surface area (Å²) in [5.74, 6) is 0.533. The highest BCUT2D eigenvalue weighted by Gasteiger charge is 2.35. The highest BCUT2D eigenvalue weighted by molar-refractivity contribution is 5.91. The van der Waals surface area contributed by atoms with Crippen molar-refractivity contribution in [3.05, 3.63) is 101 Å². The number of benzene rings is 3. The van der Waals surface area contributed by atoms with Gasteiger partial charge in [0, 0.05) is 17.9 Å². The smallest absolute Gasteiger partial charge is 0.343 e. The molecule has 0 radical (unpaired) electrons. The maximum atomic E-state index is 12.9. The van der Waals surface area contributed by atoms with E-state index >= 15 is 0 Å². The molecule has 166 valence electrons. The summed E-state index contributed by atoms with van der Waals surface area (Å²) in [6.07, 6.45) is 4.86. The summed E-state index contributed by atoms with van der Waals surface area (Å²) in [5, 5.41) is 0. The fourth-order valence-corrected chi connectivity index (χ4v) is 5.00. The van der Waals surface area contributed by atoms with Gasteiger partial charge in [-0.2, -0.15) is 0 Å². The van der Waals surface area contributed by atoms with Crippen LogP contribution < -0.4 is 4.74 Å². The van der Waals surface area contributed by atoms with E-state index in [2.05, 4.69) is 57.4 Å². The number of rotatable bonds is 6. The lowest BCUT2D eigenvalue weighted by Gasteiger charge is -2.43. The highest BCUT2D eigenvalue weighted by atomic mass is 16.5. The monoisotopic (exact) mass is 428 g/mol. The van der Waals surface area contributed by atoms with Gasteiger partial charge in [-0.1, -0.05) is 66.2 Å². The predicted molar refractivity (Wildman–Crippen MR) is 130 cm³/mol. The van der Waals surface area contributed by atoms with E-state index in [1.54, 1.807) is 12.1 Å². The first kappa shape index (κ1) is 22.3. The molecule has 0 saturated carbocycles. The van der Waals surface area contributed by atoms with E-state index in [0.29, 0.717) is 17.4 Å². The molecule has 2 atom stereocenters. The second kappa shape index (κ2) is 9.70. The zero-order chi connectivity index (χ0) is 22.6. The number of quaternary nitrogens is 1. The van der Waals surface area contributed by atoms with Gasteiger partial charge in [-0.15, -0.1) is 0 Å². The molecule has 1 fully saturated rings. The van der Waals surface area contributed by atoms with Crippen LogP contribution in [0.4, 0.5) is 0 Å². The molecule has 0 spiro atoms. The summed E-state index contributed by atoms with van der Waals surface area (Å²) in [6.45, 7) is 3.32. The standard InChI is InChI=1S/C29H34NO2/c1-22-17-18-28(32-29(31)24-14-8-5-9-15-24)27(20-22)26(23-12-6-4-7-13-23)21-25-16-10-11-19-30(25,2)3/h4-9,12-15,17-18,20,25-26H,10-11,16,19,21H2,1-3H3/q+1. The van der Waals surface area contributed by atoms with Crippen molar-refractivity contribution in [1.29, 1.82) is 0 Å². The van der Waals surface area contributed by atoms with Gasteiger partial charge in [0.15, 0.2) is 0 Å². The van der Waals surface area contributed by atoms with Crippen molar-refractivity contribution in [3.63, 3.8) is 0 Å². The summed E-state index contributed by atoms with van der Waals surface area (Å²) in [6, 6.07) is 26.7. The maximum absolute atomic E-state index is 12.9. The van der Waals surface area contributed by atoms with E-state index in [1.165, 1.54) is 36.9 Å². The average Bonchev–Trinajstić information content (AvgIpc) is 2.80. The van der Waals surface area contributed by atoms with Crippen LogP contribution in [0, 0.1) is 6.92 Å².